The second kappa shape index (κ2) is 8.49. The van der Waals surface area contributed by atoms with E-state index >= 15 is 0 Å². The van der Waals surface area contributed by atoms with Crippen LogP contribution in [0.25, 0.3) is 0 Å². The van der Waals surface area contributed by atoms with Crippen LogP contribution in [0.2, 0.25) is 0 Å². The first-order chi connectivity index (χ1) is 11.1. The molecule has 7 nitrogen and oxygen atoms in total. The monoisotopic (exact) mass is 351 g/mol. The average molecular weight is 351 g/mol. The Balaban J connectivity index is 1.80. The van der Waals surface area contributed by atoms with Gasteiger partial charge in [-0.05, 0) is 30.7 Å². The molecular formula is C14H17N5O2S2. The Morgan fingerprint density at radius 1 is 1.26 bits per heavy atom. The summed E-state index contributed by atoms with van der Waals surface area (Å²) in [5.74, 6) is -0.415. The fourth-order valence-corrected chi connectivity index (χ4v) is 3.19. The van der Waals surface area contributed by atoms with E-state index in [4.69, 9.17) is 5.73 Å². The van der Waals surface area contributed by atoms with Gasteiger partial charge in [0.2, 0.25) is 16.9 Å². The van der Waals surface area contributed by atoms with Crippen molar-refractivity contribution in [3.63, 3.8) is 0 Å². The van der Waals surface area contributed by atoms with Crippen molar-refractivity contribution in [2.24, 2.45) is 5.73 Å². The average Bonchev–Trinajstić information content (AvgIpc) is 2.99. The van der Waals surface area contributed by atoms with Gasteiger partial charge in [-0.3, -0.25) is 9.59 Å². The Bertz CT molecular complexity index is 672. The maximum atomic E-state index is 11.9. The summed E-state index contributed by atoms with van der Waals surface area (Å²) in [4.78, 5) is 22.9. The molecule has 0 saturated carbocycles. The molecule has 2 rings (SSSR count). The van der Waals surface area contributed by atoms with E-state index in [-0.39, 0.29) is 11.7 Å². The molecule has 2 aromatic rings. The molecule has 122 valence electrons. The molecule has 0 atom stereocenters. The van der Waals surface area contributed by atoms with Crippen LogP contribution in [0.5, 0.6) is 0 Å². The molecule has 1 heterocycles. The highest BCUT2D eigenvalue weighted by molar-refractivity contribution is 8.01. The molecule has 2 amide bonds. The van der Waals surface area contributed by atoms with Crippen molar-refractivity contribution in [1.82, 2.24) is 10.2 Å². The minimum Gasteiger partial charge on any atom is -0.366 e. The van der Waals surface area contributed by atoms with Gasteiger partial charge < -0.3 is 16.4 Å². The minimum atomic E-state index is -0.498. The van der Waals surface area contributed by atoms with Gasteiger partial charge in [0.25, 0.3) is 0 Å². The molecule has 0 unspecified atom stereocenters. The lowest BCUT2D eigenvalue weighted by Gasteiger charge is -2.04. The molecular weight excluding hydrogens is 334 g/mol. The van der Waals surface area contributed by atoms with Crippen LogP contribution in [0.3, 0.4) is 0 Å². The number of hydrogen-bond acceptors (Lipinski definition) is 7. The summed E-state index contributed by atoms with van der Waals surface area (Å²) < 4.78 is 0.739. The highest BCUT2D eigenvalue weighted by Gasteiger charge is 2.08. The predicted molar refractivity (Wildman–Crippen MR) is 93.0 cm³/mol. The number of nitrogens with two attached hydrogens (primary N) is 1. The molecule has 23 heavy (non-hydrogen) atoms. The van der Waals surface area contributed by atoms with Gasteiger partial charge in [0.15, 0.2) is 4.34 Å². The molecule has 0 spiro atoms. The van der Waals surface area contributed by atoms with Crippen LogP contribution < -0.4 is 16.4 Å². The number of carbonyl (C=O) groups excluding carboxylic acids is 2. The van der Waals surface area contributed by atoms with E-state index in [9.17, 15) is 9.59 Å². The van der Waals surface area contributed by atoms with Gasteiger partial charge >= 0.3 is 0 Å². The molecule has 4 N–H and O–H groups in total. The lowest BCUT2D eigenvalue weighted by molar-refractivity contribution is -0.113. The lowest BCUT2D eigenvalue weighted by Crippen LogP contribution is -2.14. The SMILES string of the molecule is CCCNc1nnc(SCC(=O)Nc2ccc(C(N)=O)cc2)s1. The number of benzene rings is 1. The summed E-state index contributed by atoms with van der Waals surface area (Å²) in [5, 5.41) is 14.7. The second-order valence-electron chi connectivity index (χ2n) is 4.58. The van der Waals surface area contributed by atoms with Crippen LogP contribution in [0.1, 0.15) is 23.7 Å². The molecule has 9 heteroatoms. The van der Waals surface area contributed by atoms with Crippen molar-refractivity contribution < 1.29 is 9.59 Å². The largest absolute Gasteiger partial charge is 0.366 e. The number of nitrogens with zero attached hydrogens (tertiary/aromatic N) is 2. The molecule has 1 aromatic carbocycles. The van der Waals surface area contributed by atoms with Crippen molar-refractivity contribution in [2.45, 2.75) is 17.7 Å². The third-order valence-corrected chi connectivity index (χ3v) is 4.73. The second-order valence-corrected chi connectivity index (χ2v) is 6.78. The van der Waals surface area contributed by atoms with Gasteiger partial charge in [-0.25, -0.2) is 0 Å². The standard InChI is InChI=1S/C14H17N5O2S2/c1-2-7-16-13-18-19-14(23-13)22-8-11(20)17-10-5-3-9(4-6-10)12(15)21/h3-6H,2,7-8H2,1H3,(H2,15,21)(H,16,18)(H,17,20). The minimum absolute atomic E-state index is 0.153. The summed E-state index contributed by atoms with van der Waals surface area (Å²) in [5.41, 5.74) is 6.18. The predicted octanol–water partition coefficient (Wildman–Crippen LogP) is 2.19. The number of anilines is 2. The summed E-state index contributed by atoms with van der Waals surface area (Å²) >= 11 is 2.75. The Morgan fingerprint density at radius 3 is 2.65 bits per heavy atom. The Labute approximate surface area is 142 Å². The Morgan fingerprint density at radius 2 is 2.00 bits per heavy atom. The van der Waals surface area contributed by atoms with Gasteiger partial charge in [0.05, 0.1) is 5.75 Å². The smallest absolute Gasteiger partial charge is 0.248 e. The normalized spacial score (nSPS) is 10.3. The van der Waals surface area contributed by atoms with Crippen molar-refractivity contribution in [3.05, 3.63) is 29.8 Å². The zero-order chi connectivity index (χ0) is 16.7. The van der Waals surface area contributed by atoms with Crippen molar-refractivity contribution in [2.75, 3.05) is 22.9 Å². The van der Waals surface area contributed by atoms with Gasteiger partial charge in [-0.15, -0.1) is 10.2 Å². The number of aromatic nitrogens is 2. The molecule has 0 bridgehead atoms. The Kier molecular flexibility index (Phi) is 6.36. The van der Waals surface area contributed by atoms with Crippen LogP contribution in [-0.2, 0) is 4.79 Å². The van der Waals surface area contributed by atoms with E-state index in [1.807, 2.05) is 0 Å². The zero-order valence-corrected chi connectivity index (χ0v) is 14.2. The maximum Gasteiger partial charge on any atom is 0.248 e. The number of thioether (sulfide) groups is 1. The fourth-order valence-electron chi connectivity index (χ4n) is 1.61. The molecule has 0 aliphatic heterocycles. The van der Waals surface area contributed by atoms with E-state index in [0.29, 0.717) is 11.3 Å². The fraction of sp³-hybridized carbons (Fsp3) is 0.286. The van der Waals surface area contributed by atoms with Gasteiger partial charge in [0, 0.05) is 17.8 Å². The van der Waals surface area contributed by atoms with Gasteiger partial charge in [-0.2, -0.15) is 0 Å². The Hall–Kier alpha value is -2.13. The van der Waals surface area contributed by atoms with Crippen LogP contribution in [0, 0.1) is 0 Å². The summed E-state index contributed by atoms with van der Waals surface area (Å²) in [6.45, 7) is 2.92. The van der Waals surface area contributed by atoms with Crippen LogP contribution in [-0.4, -0.2) is 34.3 Å². The quantitative estimate of drug-likeness (QED) is 0.629. The maximum absolute atomic E-state index is 11.9. The number of amides is 2. The number of nitrogens with one attached hydrogen (secondary N) is 2. The topological polar surface area (TPSA) is 110 Å². The van der Waals surface area contributed by atoms with E-state index in [1.54, 1.807) is 24.3 Å². The van der Waals surface area contributed by atoms with E-state index < -0.39 is 5.91 Å². The molecule has 0 saturated heterocycles. The van der Waals surface area contributed by atoms with Crippen LogP contribution in [0.4, 0.5) is 10.8 Å². The molecule has 0 radical (unpaired) electrons. The molecule has 0 fully saturated rings. The highest BCUT2D eigenvalue weighted by atomic mass is 32.2. The first-order valence-corrected chi connectivity index (χ1v) is 8.78. The van der Waals surface area contributed by atoms with Crippen molar-refractivity contribution in [3.8, 4) is 0 Å². The number of rotatable bonds is 8. The number of carbonyl (C=O) groups is 2. The van der Waals surface area contributed by atoms with Gasteiger partial charge in [-0.1, -0.05) is 30.0 Å². The summed E-state index contributed by atoms with van der Waals surface area (Å²) in [6, 6.07) is 6.42. The molecule has 1 aromatic heterocycles. The van der Waals surface area contributed by atoms with E-state index in [1.165, 1.54) is 23.1 Å². The third kappa shape index (κ3) is 5.53. The lowest BCUT2D eigenvalue weighted by atomic mass is 10.2. The van der Waals surface area contributed by atoms with E-state index in [2.05, 4.69) is 27.8 Å². The highest BCUT2D eigenvalue weighted by Crippen LogP contribution is 2.25. The van der Waals surface area contributed by atoms with E-state index in [0.717, 1.165) is 22.4 Å². The molecule has 0 aliphatic carbocycles. The zero-order valence-electron chi connectivity index (χ0n) is 12.5. The van der Waals surface area contributed by atoms with Gasteiger partial charge in [0.1, 0.15) is 0 Å². The number of hydrogen-bond donors (Lipinski definition) is 3. The number of primary amides is 1. The molecule has 0 aliphatic rings. The van der Waals surface area contributed by atoms with Crippen LogP contribution >= 0.6 is 23.1 Å². The van der Waals surface area contributed by atoms with Crippen LogP contribution in [0.15, 0.2) is 28.6 Å². The summed E-state index contributed by atoms with van der Waals surface area (Å²) in [6.07, 6.45) is 1.01. The van der Waals surface area contributed by atoms with Crippen molar-refractivity contribution >= 4 is 45.7 Å². The first kappa shape index (κ1) is 17.2. The summed E-state index contributed by atoms with van der Waals surface area (Å²) in [7, 11) is 0. The third-order valence-electron chi connectivity index (χ3n) is 2.71. The van der Waals surface area contributed by atoms with Crippen molar-refractivity contribution in [1.29, 1.82) is 0 Å². The first-order valence-electron chi connectivity index (χ1n) is 6.98.